The van der Waals surface area contributed by atoms with Crippen LogP contribution in [0.2, 0.25) is 0 Å². The van der Waals surface area contributed by atoms with Crippen LogP contribution in [0, 0.1) is 11.6 Å². The summed E-state index contributed by atoms with van der Waals surface area (Å²) in [5.41, 5.74) is 2.77. The van der Waals surface area contributed by atoms with E-state index < -0.39 is 11.6 Å². The molecule has 0 saturated carbocycles. The zero-order valence-corrected chi connectivity index (χ0v) is 15.3. The molecule has 0 radical (unpaired) electrons. The Bertz CT molecular complexity index is 839. The Labute approximate surface area is 156 Å². The van der Waals surface area contributed by atoms with Gasteiger partial charge in [0.15, 0.2) is 17.3 Å². The highest BCUT2D eigenvalue weighted by Gasteiger charge is 2.32. The number of amides is 1. The third-order valence-electron chi connectivity index (χ3n) is 5.04. The van der Waals surface area contributed by atoms with Crippen molar-refractivity contribution >= 4 is 18.3 Å². The minimum Gasteiger partial charge on any atom is -0.332 e. The van der Waals surface area contributed by atoms with E-state index in [2.05, 4.69) is 10.4 Å². The number of fused-ring (bicyclic) bond motifs is 1. The van der Waals surface area contributed by atoms with Crippen LogP contribution in [0.25, 0.3) is 5.69 Å². The van der Waals surface area contributed by atoms with E-state index in [1.54, 1.807) is 4.68 Å². The van der Waals surface area contributed by atoms with Gasteiger partial charge in [0.1, 0.15) is 0 Å². The van der Waals surface area contributed by atoms with E-state index in [1.165, 1.54) is 6.07 Å². The van der Waals surface area contributed by atoms with Crippen molar-refractivity contribution in [3.8, 4) is 5.69 Å². The van der Waals surface area contributed by atoms with Crippen molar-refractivity contribution in [3.05, 3.63) is 46.8 Å². The minimum absolute atomic E-state index is 0. The third-order valence-corrected chi connectivity index (χ3v) is 5.04. The van der Waals surface area contributed by atoms with E-state index >= 15 is 0 Å². The molecule has 5 nitrogen and oxygen atoms in total. The number of carbonyl (C=O) groups is 1. The number of carbonyl (C=O) groups excluding carboxylic acids is 1. The third kappa shape index (κ3) is 3.10. The summed E-state index contributed by atoms with van der Waals surface area (Å²) in [6.45, 7) is 4.18. The lowest BCUT2D eigenvalue weighted by Gasteiger charge is -2.33. The van der Waals surface area contributed by atoms with E-state index in [0.29, 0.717) is 17.9 Å². The van der Waals surface area contributed by atoms with Gasteiger partial charge in [0.25, 0.3) is 5.91 Å². The molecule has 8 heteroatoms. The molecule has 2 aromatic rings. The van der Waals surface area contributed by atoms with Gasteiger partial charge in [0, 0.05) is 43.0 Å². The van der Waals surface area contributed by atoms with Crippen LogP contribution >= 0.6 is 12.4 Å². The summed E-state index contributed by atoms with van der Waals surface area (Å²) in [5, 5.41) is 7.77. The number of halogens is 3. The molecule has 2 aliphatic rings. The highest BCUT2D eigenvalue weighted by Crippen LogP contribution is 2.29. The first-order valence-corrected chi connectivity index (χ1v) is 8.64. The van der Waals surface area contributed by atoms with Crippen LogP contribution in [0.5, 0.6) is 0 Å². The summed E-state index contributed by atoms with van der Waals surface area (Å²) < 4.78 is 28.5. The molecule has 1 fully saturated rings. The molecule has 26 heavy (non-hydrogen) atoms. The van der Waals surface area contributed by atoms with Crippen LogP contribution in [-0.2, 0) is 12.8 Å². The molecule has 0 bridgehead atoms. The Morgan fingerprint density at radius 2 is 2.08 bits per heavy atom. The fraction of sp³-hybridized carbons (Fsp3) is 0.444. The number of piperazine rings is 1. The summed E-state index contributed by atoms with van der Waals surface area (Å²) in [6.07, 6.45) is 2.51. The smallest absolute Gasteiger partial charge is 0.274 e. The lowest BCUT2D eigenvalue weighted by Crippen LogP contribution is -2.52. The average molecular weight is 383 g/mol. The number of rotatable bonds is 2. The molecular formula is C18H21ClF2N4O. The van der Waals surface area contributed by atoms with E-state index in [-0.39, 0.29) is 24.4 Å². The van der Waals surface area contributed by atoms with Crippen LogP contribution in [0.3, 0.4) is 0 Å². The van der Waals surface area contributed by atoms with Gasteiger partial charge in [-0.25, -0.2) is 13.5 Å². The highest BCUT2D eigenvalue weighted by atomic mass is 35.5. The van der Waals surface area contributed by atoms with Crippen molar-refractivity contribution in [2.75, 3.05) is 19.6 Å². The molecule has 0 unspecified atom stereocenters. The molecule has 1 aromatic heterocycles. The predicted octanol–water partition coefficient (Wildman–Crippen LogP) is 2.49. The monoisotopic (exact) mass is 382 g/mol. The first-order valence-electron chi connectivity index (χ1n) is 8.64. The largest absolute Gasteiger partial charge is 0.332 e. The van der Waals surface area contributed by atoms with Gasteiger partial charge in [-0.3, -0.25) is 4.79 Å². The second-order valence-electron chi connectivity index (χ2n) is 6.69. The van der Waals surface area contributed by atoms with E-state index in [1.807, 2.05) is 11.8 Å². The summed E-state index contributed by atoms with van der Waals surface area (Å²) in [7, 11) is 0. The molecule has 0 spiro atoms. The number of hydrogen-bond donors (Lipinski definition) is 1. The molecule has 140 valence electrons. The van der Waals surface area contributed by atoms with Gasteiger partial charge in [-0.2, -0.15) is 5.10 Å². The maximum Gasteiger partial charge on any atom is 0.274 e. The Kier molecular flexibility index (Phi) is 5.29. The molecule has 4 rings (SSSR count). The molecule has 1 N–H and O–H groups in total. The van der Waals surface area contributed by atoms with Crippen molar-refractivity contribution in [3.63, 3.8) is 0 Å². The molecule has 1 aliphatic heterocycles. The summed E-state index contributed by atoms with van der Waals surface area (Å²) in [4.78, 5) is 14.9. The van der Waals surface area contributed by atoms with Crippen LogP contribution in [-0.4, -0.2) is 46.3 Å². The number of benzene rings is 1. The first-order chi connectivity index (χ1) is 12.1. The summed E-state index contributed by atoms with van der Waals surface area (Å²) in [6, 6.07) is 3.81. The predicted molar refractivity (Wildman–Crippen MR) is 96.1 cm³/mol. The Morgan fingerprint density at radius 3 is 2.81 bits per heavy atom. The number of nitrogens with zero attached hydrogens (tertiary/aromatic N) is 3. The van der Waals surface area contributed by atoms with Gasteiger partial charge in [0.2, 0.25) is 0 Å². The quantitative estimate of drug-likeness (QED) is 0.868. The fourth-order valence-corrected chi connectivity index (χ4v) is 3.72. The fourth-order valence-electron chi connectivity index (χ4n) is 3.72. The van der Waals surface area contributed by atoms with Crippen molar-refractivity contribution in [2.45, 2.75) is 32.2 Å². The molecule has 2 heterocycles. The Morgan fingerprint density at radius 1 is 1.27 bits per heavy atom. The molecular weight excluding hydrogens is 362 g/mol. The molecule has 1 saturated heterocycles. The van der Waals surface area contributed by atoms with Crippen molar-refractivity contribution < 1.29 is 13.6 Å². The van der Waals surface area contributed by atoms with Gasteiger partial charge in [-0.1, -0.05) is 0 Å². The van der Waals surface area contributed by atoms with Crippen molar-refractivity contribution in [1.82, 2.24) is 20.0 Å². The topological polar surface area (TPSA) is 50.2 Å². The Balaban J connectivity index is 0.00000196. The normalized spacial score (nSPS) is 19.2. The van der Waals surface area contributed by atoms with Crippen LogP contribution < -0.4 is 5.32 Å². The zero-order chi connectivity index (χ0) is 17.6. The van der Waals surface area contributed by atoms with Gasteiger partial charge in [0.05, 0.1) is 5.69 Å². The summed E-state index contributed by atoms with van der Waals surface area (Å²) in [5.74, 6) is -1.88. The minimum atomic E-state index is -0.914. The van der Waals surface area contributed by atoms with Gasteiger partial charge < -0.3 is 10.2 Å². The average Bonchev–Trinajstić information content (AvgIpc) is 3.20. The number of hydrogen-bond acceptors (Lipinski definition) is 3. The highest BCUT2D eigenvalue weighted by molar-refractivity contribution is 5.94. The molecule has 1 atom stereocenters. The SMILES string of the molecule is C[C@@H]1CNCCN1C(=O)c1nn(-c2ccc(F)c(F)c2)c2c1CCC2.Cl. The van der Waals surface area contributed by atoms with Crippen molar-refractivity contribution in [1.29, 1.82) is 0 Å². The second-order valence-corrected chi connectivity index (χ2v) is 6.69. The zero-order valence-electron chi connectivity index (χ0n) is 14.5. The number of nitrogens with one attached hydrogen (secondary N) is 1. The van der Waals surface area contributed by atoms with Crippen LogP contribution in [0.1, 0.15) is 35.1 Å². The number of aromatic nitrogens is 2. The molecule has 1 aliphatic carbocycles. The van der Waals surface area contributed by atoms with E-state index in [9.17, 15) is 13.6 Å². The van der Waals surface area contributed by atoms with Gasteiger partial charge in [-0.15, -0.1) is 12.4 Å². The lowest BCUT2D eigenvalue weighted by atomic mass is 10.1. The maximum absolute atomic E-state index is 13.6. The van der Waals surface area contributed by atoms with Crippen molar-refractivity contribution in [2.24, 2.45) is 0 Å². The van der Waals surface area contributed by atoms with Gasteiger partial charge >= 0.3 is 0 Å². The maximum atomic E-state index is 13.6. The standard InChI is InChI=1S/C18H20F2N4O.ClH/c1-11-10-21-7-8-23(11)18(25)17-13-3-2-4-16(13)24(22-17)12-5-6-14(19)15(20)9-12;/h5-6,9,11,21H,2-4,7-8,10H2,1H3;1H/t11-;/m1./s1. The first kappa shape index (κ1) is 18.8. The van der Waals surface area contributed by atoms with Gasteiger partial charge in [-0.05, 0) is 38.3 Å². The van der Waals surface area contributed by atoms with Crippen LogP contribution in [0.4, 0.5) is 8.78 Å². The summed E-state index contributed by atoms with van der Waals surface area (Å²) >= 11 is 0. The van der Waals surface area contributed by atoms with E-state index in [0.717, 1.165) is 55.7 Å². The second kappa shape index (κ2) is 7.32. The Hall–Kier alpha value is -1.99. The molecule has 1 amide bonds. The van der Waals surface area contributed by atoms with Crippen LogP contribution in [0.15, 0.2) is 18.2 Å². The molecule has 1 aromatic carbocycles. The van der Waals surface area contributed by atoms with E-state index in [4.69, 9.17) is 0 Å². The lowest BCUT2D eigenvalue weighted by molar-refractivity contribution is 0.0648.